The number of nitrogens with zero attached hydrogens (tertiary/aromatic N) is 1. The van der Waals surface area contributed by atoms with Crippen LogP contribution in [0.2, 0.25) is 0 Å². The Labute approximate surface area is 172 Å². The second-order valence-corrected chi connectivity index (χ2v) is 8.45. The van der Waals surface area contributed by atoms with Crippen molar-refractivity contribution in [3.63, 3.8) is 0 Å². The van der Waals surface area contributed by atoms with E-state index in [1.54, 1.807) is 12.1 Å². The molecular formula is C26H29NO2. The topological polar surface area (TPSA) is 43.7 Å². The molecule has 0 aliphatic heterocycles. The van der Waals surface area contributed by atoms with Crippen LogP contribution in [0.25, 0.3) is 16.3 Å². The SMILES string of the molecule is CN(C)CC1=C(c2cccc(O)c2)CC(c2ccc3cc(O)ccc3c2)CCC1. The van der Waals surface area contributed by atoms with Crippen LogP contribution in [0.5, 0.6) is 11.5 Å². The first-order chi connectivity index (χ1) is 14.0. The molecule has 2 N–H and O–H groups in total. The van der Waals surface area contributed by atoms with Crippen LogP contribution < -0.4 is 0 Å². The second kappa shape index (κ2) is 8.30. The molecule has 0 saturated carbocycles. The summed E-state index contributed by atoms with van der Waals surface area (Å²) in [5.74, 6) is 1.08. The van der Waals surface area contributed by atoms with Crippen molar-refractivity contribution in [3.8, 4) is 11.5 Å². The molecular weight excluding hydrogens is 358 g/mol. The Morgan fingerprint density at radius 3 is 2.45 bits per heavy atom. The summed E-state index contributed by atoms with van der Waals surface area (Å²) in [5.41, 5.74) is 5.35. The molecule has 0 aromatic heterocycles. The van der Waals surface area contributed by atoms with E-state index < -0.39 is 0 Å². The first kappa shape index (κ1) is 19.5. The molecule has 150 valence electrons. The Hall–Kier alpha value is -2.78. The highest BCUT2D eigenvalue weighted by molar-refractivity contribution is 5.84. The molecule has 4 rings (SSSR count). The molecule has 3 aromatic carbocycles. The van der Waals surface area contributed by atoms with Gasteiger partial charge in [0.2, 0.25) is 0 Å². The number of hydrogen-bond acceptors (Lipinski definition) is 3. The minimum Gasteiger partial charge on any atom is -0.508 e. The normalized spacial score (nSPS) is 17.7. The van der Waals surface area contributed by atoms with Gasteiger partial charge < -0.3 is 15.1 Å². The van der Waals surface area contributed by atoms with Crippen LogP contribution in [0.3, 0.4) is 0 Å². The van der Waals surface area contributed by atoms with E-state index in [0.717, 1.165) is 36.8 Å². The molecule has 0 spiro atoms. The van der Waals surface area contributed by atoms with Gasteiger partial charge in [-0.05, 0) is 97.4 Å². The van der Waals surface area contributed by atoms with Crippen molar-refractivity contribution in [2.75, 3.05) is 20.6 Å². The van der Waals surface area contributed by atoms with E-state index in [2.05, 4.69) is 43.3 Å². The molecule has 0 radical (unpaired) electrons. The Morgan fingerprint density at radius 1 is 0.897 bits per heavy atom. The summed E-state index contributed by atoms with van der Waals surface area (Å²) in [6.45, 7) is 0.953. The first-order valence-electron chi connectivity index (χ1n) is 10.4. The number of fused-ring (bicyclic) bond motifs is 1. The Bertz CT molecular complexity index is 1050. The molecule has 3 heteroatoms. The molecule has 0 amide bonds. The Kier molecular flexibility index (Phi) is 5.59. The van der Waals surface area contributed by atoms with Crippen molar-refractivity contribution >= 4 is 16.3 Å². The maximum atomic E-state index is 10.1. The number of phenols is 2. The molecule has 1 aliphatic carbocycles. The molecule has 0 fully saturated rings. The van der Waals surface area contributed by atoms with Gasteiger partial charge in [-0.2, -0.15) is 0 Å². The van der Waals surface area contributed by atoms with Crippen LogP contribution in [-0.2, 0) is 0 Å². The largest absolute Gasteiger partial charge is 0.508 e. The van der Waals surface area contributed by atoms with Gasteiger partial charge in [0, 0.05) is 6.54 Å². The van der Waals surface area contributed by atoms with Gasteiger partial charge in [0.05, 0.1) is 0 Å². The summed E-state index contributed by atoms with van der Waals surface area (Å²) in [7, 11) is 4.24. The third-order valence-corrected chi connectivity index (χ3v) is 5.93. The molecule has 3 nitrogen and oxygen atoms in total. The number of phenolic OH excluding ortho intramolecular Hbond substituents is 2. The lowest BCUT2D eigenvalue weighted by Gasteiger charge is -2.20. The minimum absolute atomic E-state index is 0.308. The summed E-state index contributed by atoms with van der Waals surface area (Å²) < 4.78 is 0. The van der Waals surface area contributed by atoms with Crippen LogP contribution in [0.1, 0.15) is 42.7 Å². The van der Waals surface area contributed by atoms with E-state index in [1.165, 1.54) is 28.5 Å². The van der Waals surface area contributed by atoms with Gasteiger partial charge in [0.15, 0.2) is 0 Å². The maximum absolute atomic E-state index is 10.1. The third kappa shape index (κ3) is 4.46. The van der Waals surface area contributed by atoms with Crippen LogP contribution in [0.4, 0.5) is 0 Å². The lowest BCUT2D eigenvalue weighted by Crippen LogP contribution is -2.16. The third-order valence-electron chi connectivity index (χ3n) is 5.93. The lowest BCUT2D eigenvalue weighted by molar-refractivity contribution is 0.438. The number of likely N-dealkylation sites (N-methyl/N-ethyl adjacent to an activating group) is 1. The quantitative estimate of drug-likeness (QED) is 0.584. The van der Waals surface area contributed by atoms with Gasteiger partial charge in [0.25, 0.3) is 0 Å². The van der Waals surface area contributed by atoms with Crippen LogP contribution in [0, 0.1) is 0 Å². The number of aromatic hydroxyl groups is 2. The Morgan fingerprint density at radius 2 is 1.66 bits per heavy atom. The van der Waals surface area contributed by atoms with Crippen molar-refractivity contribution < 1.29 is 10.2 Å². The van der Waals surface area contributed by atoms with Gasteiger partial charge >= 0.3 is 0 Å². The van der Waals surface area contributed by atoms with Crippen LogP contribution >= 0.6 is 0 Å². The number of allylic oxidation sites excluding steroid dienone is 1. The summed E-state index contributed by atoms with van der Waals surface area (Å²) in [6, 6.07) is 19.9. The van der Waals surface area contributed by atoms with Crippen molar-refractivity contribution in [1.82, 2.24) is 4.90 Å². The van der Waals surface area contributed by atoms with Crippen LogP contribution in [-0.4, -0.2) is 35.8 Å². The molecule has 0 heterocycles. The highest BCUT2D eigenvalue weighted by Gasteiger charge is 2.22. The zero-order valence-electron chi connectivity index (χ0n) is 17.2. The number of benzene rings is 3. The van der Waals surface area contributed by atoms with E-state index in [4.69, 9.17) is 0 Å². The zero-order chi connectivity index (χ0) is 20.4. The Balaban J connectivity index is 1.73. The number of hydrogen-bond donors (Lipinski definition) is 2. The highest BCUT2D eigenvalue weighted by Crippen LogP contribution is 2.40. The van der Waals surface area contributed by atoms with Gasteiger partial charge in [-0.25, -0.2) is 0 Å². The monoisotopic (exact) mass is 387 g/mol. The summed E-state index contributed by atoms with van der Waals surface area (Å²) in [5, 5.41) is 22.0. The zero-order valence-corrected chi connectivity index (χ0v) is 17.2. The smallest absolute Gasteiger partial charge is 0.116 e. The average molecular weight is 388 g/mol. The van der Waals surface area contributed by atoms with Crippen molar-refractivity contribution in [3.05, 3.63) is 77.4 Å². The van der Waals surface area contributed by atoms with Gasteiger partial charge in [-0.15, -0.1) is 0 Å². The molecule has 1 atom stereocenters. The first-order valence-corrected chi connectivity index (χ1v) is 10.4. The van der Waals surface area contributed by atoms with Crippen LogP contribution in [0.15, 0.2) is 66.2 Å². The second-order valence-electron chi connectivity index (χ2n) is 8.45. The van der Waals surface area contributed by atoms with Crippen molar-refractivity contribution in [1.29, 1.82) is 0 Å². The molecule has 0 bridgehead atoms. The van der Waals surface area contributed by atoms with Gasteiger partial charge in [-0.1, -0.05) is 42.0 Å². The lowest BCUT2D eigenvalue weighted by atomic mass is 9.86. The summed E-state index contributed by atoms with van der Waals surface area (Å²) in [4.78, 5) is 2.24. The predicted molar refractivity (Wildman–Crippen MR) is 120 cm³/mol. The predicted octanol–water partition coefficient (Wildman–Crippen LogP) is 5.92. The van der Waals surface area contributed by atoms with E-state index in [1.807, 2.05) is 24.3 Å². The van der Waals surface area contributed by atoms with Crippen molar-refractivity contribution in [2.24, 2.45) is 0 Å². The molecule has 29 heavy (non-hydrogen) atoms. The van der Waals surface area contributed by atoms with E-state index in [0.29, 0.717) is 17.4 Å². The summed E-state index contributed by atoms with van der Waals surface area (Å²) >= 11 is 0. The van der Waals surface area contributed by atoms with E-state index in [9.17, 15) is 10.2 Å². The number of rotatable bonds is 4. The molecule has 3 aromatic rings. The van der Waals surface area contributed by atoms with E-state index >= 15 is 0 Å². The molecule has 1 aliphatic rings. The molecule has 1 unspecified atom stereocenters. The van der Waals surface area contributed by atoms with Gasteiger partial charge in [0.1, 0.15) is 11.5 Å². The highest BCUT2D eigenvalue weighted by atomic mass is 16.3. The summed E-state index contributed by atoms with van der Waals surface area (Å²) in [6.07, 6.45) is 4.41. The van der Waals surface area contributed by atoms with Crippen molar-refractivity contribution in [2.45, 2.75) is 31.6 Å². The fraction of sp³-hybridized carbons (Fsp3) is 0.308. The fourth-order valence-corrected chi connectivity index (χ4v) is 4.57. The average Bonchev–Trinajstić information content (AvgIpc) is 2.90. The van der Waals surface area contributed by atoms with E-state index in [-0.39, 0.29) is 0 Å². The fourth-order valence-electron chi connectivity index (χ4n) is 4.57. The standard InChI is InChI=1S/C26H29NO2/c1-27(2)17-23-7-3-5-18(16-26(23)22-6-4-8-24(28)15-22)19-9-10-21-14-25(29)12-11-20(21)13-19/h4,6,8-15,18,28-29H,3,5,7,16-17H2,1-2H3. The minimum atomic E-state index is 0.308. The molecule has 0 saturated heterocycles. The van der Waals surface area contributed by atoms with Gasteiger partial charge in [-0.3, -0.25) is 0 Å². The maximum Gasteiger partial charge on any atom is 0.116 e.